The van der Waals surface area contributed by atoms with Gasteiger partial charge in [0.15, 0.2) is 5.60 Å². The van der Waals surface area contributed by atoms with Crippen molar-refractivity contribution < 1.29 is 14.3 Å². The van der Waals surface area contributed by atoms with Crippen molar-refractivity contribution in [2.75, 3.05) is 6.54 Å². The average molecular weight is 273 g/mol. The molecule has 1 aliphatic heterocycles. The molecule has 0 saturated heterocycles. The second kappa shape index (κ2) is 5.90. The maximum atomic E-state index is 12.2. The summed E-state index contributed by atoms with van der Waals surface area (Å²) in [6.45, 7) is 4.13. The Labute approximate surface area is 118 Å². The molecule has 0 aliphatic carbocycles. The summed E-state index contributed by atoms with van der Waals surface area (Å²) in [6, 6.07) is 7.24. The fraction of sp³-hybridized carbons (Fsp3) is 0.375. The van der Waals surface area contributed by atoms with Crippen molar-refractivity contribution in [1.29, 1.82) is 0 Å². The van der Waals surface area contributed by atoms with E-state index in [0.29, 0.717) is 18.5 Å². The van der Waals surface area contributed by atoms with Gasteiger partial charge in [-0.2, -0.15) is 0 Å². The number of amides is 1. The van der Waals surface area contributed by atoms with Crippen molar-refractivity contribution in [2.45, 2.75) is 32.3 Å². The highest BCUT2D eigenvalue weighted by molar-refractivity contribution is 5.97. The van der Waals surface area contributed by atoms with Crippen LogP contribution in [0, 0.1) is 0 Å². The lowest BCUT2D eigenvalue weighted by Gasteiger charge is -2.33. The number of esters is 1. The molecule has 0 radical (unpaired) electrons. The summed E-state index contributed by atoms with van der Waals surface area (Å²) >= 11 is 0. The molecule has 0 fully saturated rings. The van der Waals surface area contributed by atoms with E-state index in [4.69, 9.17) is 4.74 Å². The van der Waals surface area contributed by atoms with E-state index in [1.54, 1.807) is 19.1 Å². The van der Waals surface area contributed by atoms with E-state index in [1.807, 2.05) is 31.2 Å². The predicted octanol–water partition coefficient (Wildman–Crippen LogP) is 2.24. The summed E-state index contributed by atoms with van der Waals surface area (Å²) in [7, 11) is 0. The largest absolute Gasteiger partial charge is 0.445 e. The molecule has 4 heteroatoms. The molecule has 1 atom stereocenters. The van der Waals surface area contributed by atoms with Crippen LogP contribution in [0.3, 0.4) is 0 Å². The second-order valence-corrected chi connectivity index (χ2v) is 5.07. The minimum absolute atomic E-state index is 0.246. The van der Waals surface area contributed by atoms with Crippen LogP contribution in [0.15, 0.2) is 36.4 Å². The van der Waals surface area contributed by atoms with Crippen LogP contribution in [0.1, 0.15) is 36.2 Å². The van der Waals surface area contributed by atoms with E-state index in [9.17, 15) is 9.59 Å². The highest BCUT2D eigenvalue weighted by Crippen LogP contribution is 2.28. The first kappa shape index (κ1) is 14.3. The van der Waals surface area contributed by atoms with E-state index in [0.717, 1.165) is 12.0 Å². The summed E-state index contributed by atoms with van der Waals surface area (Å²) in [5.74, 6) is -0.678. The van der Waals surface area contributed by atoms with E-state index in [-0.39, 0.29) is 5.91 Å². The molecule has 0 spiro atoms. The first-order valence-electron chi connectivity index (χ1n) is 6.77. The normalized spacial score (nSPS) is 21.4. The Hall–Kier alpha value is -2.10. The molecule has 2 rings (SSSR count). The van der Waals surface area contributed by atoms with E-state index < -0.39 is 11.6 Å². The van der Waals surface area contributed by atoms with Gasteiger partial charge in [0, 0.05) is 13.0 Å². The van der Waals surface area contributed by atoms with Gasteiger partial charge in [0.2, 0.25) is 0 Å². The van der Waals surface area contributed by atoms with Gasteiger partial charge in [0.1, 0.15) is 0 Å². The third-order valence-electron chi connectivity index (χ3n) is 3.40. The van der Waals surface area contributed by atoms with Crippen LogP contribution in [-0.2, 0) is 16.0 Å². The number of rotatable bonds is 4. The van der Waals surface area contributed by atoms with Crippen molar-refractivity contribution in [3.8, 4) is 0 Å². The highest BCUT2D eigenvalue weighted by atomic mass is 16.6. The molecule has 1 N–H and O–H groups in total. The number of hydrogen-bond donors (Lipinski definition) is 1. The molecule has 1 aromatic carbocycles. The van der Waals surface area contributed by atoms with Gasteiger partial charge in [-0.15, -0.1) is 0 Å². The van der Waals surface area contributed by atoms with Crippen LogP contribution in [0.25, 0.3) is 0 Å². The lowest BCUT2D eigenvalue weighted by molar-refractivity contribution is -0.139. The topological polar surface area (TPSA) is 55.4 Å². The van der Waals surface area contributed by atoms with Crippen molar-refractivity contribution in [1.82, 2.24) is 5.32 Å². The molecule has 0 aromatic heterocycles. The predicted molar refractivity (Wildman–Crippen MR) is 76.4 cm³/mol. The number of allylic oxidation sites excluding steroid dienone is 1. The molecule has 106 valence electrons. The fourth-order valence-corrected chi connectivity index (χ4v) is 2.28. The zero-order valence-corrected chi connectivity index (χ0v) is 11.8. The number of fused-ring (bicyclic) bond motifs is 1. The molecule has 1 unspecified atom stereocenters. The molecule has 1 amide bonds. The van der Waals surface area contributed by atoms with Crippen molar-refractivity contribution >= 4 is 11.9 Å². The molecule has 1 aliphatic rings. The van der Waals surface area contributed by atoms with Gasteiger partial charge in [0.05, 0.1) is 5.56 Å². The Morgan fingerprint density at radius 3 is 2.95 bits per heavy atom. The highest BCUT2D eigenvalue weighted by Gasteiger charge is 2.42. The summed E-state index contributed by atoms with van der Waals surface area (Å²) in [5.41, 5.74) is 0.281. The summed E-state index contributed by atoms with van der Waals surface area (Å²) in [5, 5.41) is 2.81. The molecule has 0 bridgehead atoms. The number of hydrogen-bond acceptors (Lipinski definition) is 3. The monoisotopic (exact) mass is 273 g/mol. The van der Waals surface area contributed by atoms with Crippen molar-refractivity contribution in [3.05, 3.63) is 47.5 Å². The molecule has 1 aromatic rings. The van der Waals surface area contributed by atoms with E-state index in [1.165, 1.54) is 0 Å². The van der Waals surface area contributed by atoms with Crippen molar-refractivity contribution in [3.63, 3.8) is 0 Å². The average Bonchev–Trinajstić information content (AvgIpc) is 2.43. The minimum atomic E-state index is -1.12. The molecule has 4 nitrogen and oxygen atoms in total. The number of cyclic esters (lactones) is 1. The van der Waals surface area contributed by atoms with E-state index >= 15 is 0 Å². The van der Waals surface area contributed by atoms with Crippen LogP contribution in [-0.4, -0.2) is 24.0 Å². The van der Waals surface area contributed by atoms with Crippen LogP contribution < -0.4 is 5.32 Å². The van der Waals surface area contributed by atoms with Gasteiger partial charge in [-0.25, -0.2) is 4.79 Å². The van der Waals surface area contributed by atoms with Gasteiger partial charge in [0.25, 0.3) is 5.91 Å². The summed E-state index contributed by atoms with van der Waals surface area (Å²) in [6.07, 6.45) is 5.09. The number of ether oxygens (including phenoxy) is 1. The second-order valence-electron chi connectivity index (χ2n) is 5.07. The number of carbonyl (C=O) groups excluding carboxylic acids is 2. The number of nitrogens with one attached hydrogen (secondary N) is 1. The third kappa shape index (κ3) is 2.90. The molecule has 0 saturated carbocycles. The Balaban J connectivity index is 2.09. The number of benzene rings is 1. The smallest absolute Gasteiger partial charge is 0.339 e. The Morgan fingerprint density at radius 1 is 1.45 bits per heavy atom. The standard InChI is InChI=1S/C16H19NO3/c1-3-4-7-10-17-15(19)16(2)11-12-8-5-6-9-13(12)14(18)20-16/h3-6,8-9H,7,10-11H2,1-2H3,(H,17,19). The zero-order chi connectivity index (χ0) is 14.6. The first-order chi connectivity index (χ1) is 9.57. The molecular weight excluding hydrogens is 254 g/mol. The van der Waals surface area contributed by atoms with Crippen LogP contribution >= 0.6 is 0 Å². The SMILES string of the molecule is CC=CCCNC(=O)C1(C)Cc2ccccc2C(=O)O1. The van der Waals surface area contributed by atoms with Crippen molar-refractivity contribution in [2.24, 2.45) is 0 Å². The van der Waals surface area contributed by atoms with Gasteiger partial charge >= 0.3 is 5.97 Å². The van der Waals surface area contributed by atoms with Gasteiger partial charge in [-0.05, 0) is 31.9 Å². The van der Waals surface area contributed by atoms with Crippen LogP contribution in [0.4, 0.5) is 0 Å². The maximum absolute atomic E-state index is 12.2. The van der Waals surface area contributed by atoms with Gasteiger partial charge < -0.3 is 10.1 Å². The summed E-state index contributed by atoms with van der Waals surface area (Å²) < 4.78 is 5.35. The Kier molecular flexibility index (Phi) is 4.23. The zero-order valence-electron chi connectivity index (χ0n) is 11.8. The Morgan fingerprint density at radius 2 is 2.20 bits per heavy atom. The van der Waals surface area contributed by atoms with Gasteiger partial charge in [-0.3, -0.25) is 4.79 Å². The summed E-state index contributed by atoms with van der Waals surface area (Å²) in [4.78, 5) is 24.2. The first-order valence-corrected chi connectivity index (χ1v) is 6.77. The molecule has 20 heavy (non-hydrogen) atoms. The lowest BCUT2D eigenvalue weighted by atomic mass is 9.89. The van der Waals surface area contributed by atoms with Gasteiger partial charge in [-0.1, -0.05) is 30.4 Å². The third-order valence-corrected chi connectivity index (χ3v) is 3.40. The number of carbonyl (C=O) groups is 2. The quantitative estimate of drug-likeness (QED) is 0.520. The Bertz CT molecular complexity index is 550. The fourth-order valence-electron chi connectivity index (χ4n) is 2.28. The van der Waals surface area contributed by atoms with Crippen LogP contribution in [0.2, 0.25) is 0 Å². The lowest BCUT2D eigenvalue weighted by Crippen LogP contribution is -2.51. The molecule has 1 heterocycles. The van der Waals surface area contributed by atoms with Crippen LogP contribution in [0.5, 0.6) is 0 Å². The van der Waals surface area contributed by atoms with E-state index in [2.05, 4.69) is 5.32 Å². The maximum Gasteiger partial charge on any atom is 0.339 e. The minimum Gasteiger partial charge on any atom is -0.445 e. The molecular formula is C16H19NO3.